The number of likely N-dealkylation sites (N-methyl/N-ethyl adjacent to an activating group) is 1. The Morgan fingerprint density at radius 3 is 1.67 bits per heavy atom. The van der Waals surface area contributed by atoms with Crippen molar-refractivity contribution in [3.63, 3.8) is 0 Å². The number of fused-ring (bicyclic) bond motifs is 1. The summed E-state index contributed by atoms with van der Waals surface area (Å²) in [5, 5.41) is 4.98. The molecule has 2 rings (SSSR count). The van der Waals surface area contributed by atoms with E-state index in [-0.39, 0.29) is 23.4 Å². The van der Waals surface area contributed by atoms with Gasteiger partial charge in [-0.3, -0.25) is 18.7 Å². The first-order valence-electron chi connectivity index (χ1n) is 13.6. The van der Waals surface area contributed by atoms with E-state index in [9.17, 15) is 36.4 Å². The number of ether oxygens (including phenoxy) is 2. The zero-order valence-electron chi connectivity index (χ0n) is 27.2. The lowest BCUT2D eigenvalue weighted by molar-refractivity contribution is -0.0980. The van der Waals surface area contributed by atoms with Crippen molar-refractivity contribution in [3.8, 4) is 0 Å². The van der Waals surface area contributed by atoms with Gasteiger partial charge in [-0.05, 0) is 67.8 Å². The van der Waals surface area contributed by atoms with E-state index in [0.717, 1.165) is 11.2 Å². The maximum atomic E-state index is 12.4. The standard InChI is InChI=1S/C17H22N2O6S.C10H22N2O4S.CH2O/c1-17(2,3)25-16(22)18-11(10-26(4,23)24)9-19-14(20)12-7-5-6-8-13(12)15(19)21;1-10(2,3)16-9(13)11-8(6-12(4)5)7-17(14)15;1-2/h5-8,11H,9-10H2,1-4H3,(H,18,22);8H,6-7H2,1-5H3,(H,11,13)(H,14,15);1H2/p-1/t11-;8-;/m11./s1. The Hall–Kier alpha value is -3.41. The lowest BCUT2D eigenvalue weighted by Crippen LogP contribution is -2.50. The maximum Gasteiger partial charge on any atom is 0.407 e. The summed E-state index contributed by atoms with van der Waals surface area (Å²) in [7, 11) is 0.130. The van der Waals surface area contributed by atoms with E-state index < -0.39 is 74.0 Å². The maximum absolute atomic E-state index is 12.4. The molecule has 0 aliphatic carbocycles. The van der Waals surface area contributed by atoms with Crippen LogP contribution in [0.25, 0.3) is 0 Å². The molecule has 1 aromatic carbocycles. The first kappa shape index (κ1) is 41.6. The average Bonchev–Trinajstić information content (AvgIpc) is 3.06. The molecule has 17 heteroatoms. The van der Waals surface area contributed by atoms with Gasteiger partial charge in [0, 0.05) is 18.6 Å². The molecule has 0 saturated heterocycles. The highest BCUT2D eigenvalue weighted by atomic mass is 32.2. The molecule has 0 spiro atoms. The minimum atomic E-state index is -3.48. The van der Waals surface area contributed by atoms with Crippen LogP contribution in [0.4, 0.5) is 9.59 Å². The minimum absolute atomic E-state index is 0.128. The summed E-state index contributed by atoms with van der Waals surface area (Å²) in [5.41, 5.74) is -0.848. The average molecular weight is 678 g/mol. The molecule has 15 nitrogen and oxygen atoms in total. The number of hydrogen-bond donors (Lipinski definition) is 2. The van der Waals surface area contributed by atoms with Gasteiger partial charge in [0.2, 0.25) is 0 Å². The lowest BCUT2D eigenvalue weighted by atomic mass is 10.1. The molecule has 0 saturated carbocycles. The summed E-state index contributed by atoms with van der Waals surface area (Å²) in [6.45, 7) is 12.4. The van der Waals surface area contributed by atoms with Gasteiger partial charge < -0.3 is 34.4 Å². The summed E-state index contributed by atoms with van der Waals surface area (Å²) < 4.78 is 54.9. The molecule has 4 amide bonds. The molecule has 2 N–H and O–H groups in total. The van der Waals surface area contributed by atoms with Crippen molar-refractivity contribution in [2.75, 3.05) is 44.9 Å². The SMILES string of the molecule is C=O.CC(C)(C)OC(=O)N[C@H](CN1C(=O)c2ccccc2C1=O)CS(C)(=O)=O.CN(C)C[C@H](CS(=O)[O-])NC(=O)OC(C)(C)C. The first-order valence-corrected chi connectivity index (χ1v) is 16.9. The highest BCUT2D eigenvalue weighted by molar-refractivity contribution is 7.90. The number of carbonyl (C=O) groups is 5. The number of nitrogens with zero attached hydrogens (tertiary/aromatic N) is 2. The molecule has 1 unspecified atom stereocenters. The first-order chi connectivity index (χ1) is 20.5. The van der Waals surface area contributed by atoms with Crippen molar-refractivity contribution < 1.29 is 50.6 Å². The zero-order chi connectivity index (χ0) is 35.3. The Kier molecular flexibility index (Phi) is 16.6. The van der Waals surface area contributed by atoms with Crippen molar-refractivity contribution in [2.45, 2.75) is 64.8 Å². The molecule has 1 aliphatic heterocycles. The van der Waals surface area contributed by atoms with Gasteiger partial charge >= 0.3 is 12.2 Å². The molecule has 0 aromatic heterocycles. The Balaban J connectivity index is 0.000000887. The highest BCUT2D eigenvalue weighted by Gasteiger charge is 2.37. The van der Waals surface area contributed by atoms with E-state index in [4.69, 9.17) is 14.3 Å². The van der Waals surface area contributed by atoms with Crippen LogP contribution < -0.4 is 10.6 Å². The third-order valence-electron chi connectivity index (χ3n) is 5.15. The predicted molar refractivity (Wildman–Crippen MR) is 167 cm³/mol. The van der Waals surface area contributed by atoms with Crippen molar-refractivity contribution in [1.82, 2.24) is 20.4 Å². The predicted octanol–water partition coefficient (Wildman–Crippen LogP) is 1.36. The number of nitrogens with one attached hydrogen (secondary N) is 2. The molecule has 3 atom stereocenters. The molecule has 45 heavy (non-hydrogen) atoms. The number of sulfone groups is 1. The van der Waals surface area contributed by atoms with Gasteiger partial charge in [-0.25, -0.2) is 18.0 Å². The van der Waals surface area contributed by atoms with Gasteiger partial charge in [-0.15, -0.1) is 0 Å². The van der Waals surface area contributed by atoms with Gasteiger partial charge in [-0.2, -0.15) is 0 Å². The molecular formula is C28H45N4O11S2-. The van der Waals surface area contributed by atoms with E-state index in [1.807, 2.05) is 6.79 Å². The summed E-state index contributed by atoms with van der Waals surface area (Å²) >= 11 is -2.20. The van der Waals surface area contributed by atoms with Crippen LogP contribution in [0, 0.1) is 0 Å². The van der Waals surface area contributed by atoms with E-state index in [1.165, 1.54) is 12.1 Å². The van der Waals surface area contributed by atoms with Crippen molar-refractivity contribution in [2.24, 2.45) is 0 Å². The van der Waals surface area contributed by atoms with E-state index in [0.29, 0.717) is 6.54 Å². The normalized spacial score (nSPS) is 15.0. The topological polar surface area (TPSA) is 209 Å². The van der Waals surface area contributed by atoms with Crippen molar-refractivity contribution in [1.29, 1.82) is 0 Å². The third-order valence-corrected chi connectivity index (χ3v) is 6.83. The second-order valence-electron chi connectivity index (χ2n) is 12.3. The number of imide groups is 1. The zero-order valence-corrected chi connectivity index (χ0v) is 28.8. The molecular weight excluding hydrogens is 632 g/mol. The number of carbonyl (C=O) groups excluding carboxylic acids is 5. The number of hydrogen-bond acceptors (Lipinski definition) is 12. The van der Waals surface area contributed by atoms with E-state index >= 15 is 0 Å². The van der Waals surface area contributed by atoms with E-state index in [1.54, 1.807) is 72.7 Å². The highest BCUT2D eigenvalue weighted by Crippen LogP contribution is 2.22. The molecule has 256 valence electrons. The fourth-order valence-corrected chi connectivity index (χ4v) is 5.26. The Morgan fingerprint density at radius 1 is 0.933 bits per heavy atom. The Morgan fingerprint density at radius 2 is 1.33 bits per heavy atom. The van der Waals surface area contributed by atoms with Crippen molar-refractivity contribution >= 4 is 51.7 Å². The largest absolute Gasteiger partial charge is 0.772 e. The van der Waals surface area contributed by atoms with Gasteiger partial charge in [0.1, 0.15) is 27.8 Å². The Bertz CT molecular complexity index is 1270. The summed E-state index contributed by atoms with van der Waals surface area (Å²) in [5.74, 6) is -1.60. The van der Waals surface area contributed by atoms with Gasteiger partial charge in [-0.1, -0.05) is 23.2 Å². The van der Waals surface area contributed by atoms with Crippen LogP contribution >= 0.6 is 0 Å². The smallest absolute Gasteiger partial charge is 0.407 e. The fraction of sp³-hybridized carbons (Fsp3) is 0.607. The van der Waals surface area contributed by atoms with Gasteiger partial charge in [0.05, 0.1) is 35.5 Å². The summed E-state index contributed by atoms with van der Waals surface area (Å²) in [6.07, 6.45) is -0.406. The summed E-state index contributed by atoms with van der Waals surface area (Å²) in [4.78, 5) is 59.1. The summed E-state index contributed by atoms with van der Waals surface area (Å²) in [6, 6.07) is 4.88. The number of benzene rings is 1. The monoisotopic (exact) mass is 677 g/mol. The fourth-order valence-electron chi connectivity index (χ4n) is 3.82. The van der Waals surface area contributed by atoms with E-state index in [2.05, 4.69) is 10.6 Å². The molecule has 0 fully saturated rings. The number of alkyl carbamates (subject to hydrolysis) is 2. The lowest BCUT2D eigenvalue weighted by Gasteiger charge is -2.25. The molecule has 0 bridgehead atoms. The van der Waals surface area contributed by atoms with Crippen LogP contribution in [0.5, 0.6) is 0 Å². The van der Waals surface area contributed by atoms with Crippen molar-refractivity contribution in [3.05, 3.63) is 35.4 Å². The molecule has 1 heterocycles. The van der Waals surface area contributed by atoms with Crippen LogP contribution in [0.2, 0.25) is 0 Å². The molecule has 0 radical (unpaired) electrons. The van der Waals surface area contributed by atoms with Gasteiger partial charge in [0.15, 0.2) is 0 Å². The molecule has 1 aliphatic rings. The second-order valence-corrected chi connectivity index (χ2v) is 15.4. The second kappa shape index (κ2) is 17.9. The third kappa shape index (κ3) is 17.6. The van der Waals surface area contributed by atoms with Crippen LogP contribution in [0.1, 0.15) is 62.3 Å². The minimum Gasteiger partial charge on any atom is -0.772 e. The number of amides is 4. The quantitative estimate of drug-likeness (QED) is 0.266. The Labute approximate surface area is 267 Å². The number of rotatable bonds is 10. The van der Waals surface area contributed by atoms with Crippen LogP contribution in [-0.2, 0) is 35.2 Å². The molecule has 1 aromatic rings. The van der Waals surface area contributed by atoms with Crippen LogP contribution in [0.3, 0.4) is 0 Å². The van der Waals surface area contributed by atoms with Gasteiger partial charge in [0.25, 0.3) is 11.8 Å². The van der Waals surface area contributed by atoms with Crippen LogP contribution in [-0.4, -0.2) is 126 Å². The van der Waals surface area contributed by atoms with Crippen LogP contribution in [0.15, 0.2) is 24.3 Å².